The lowest BCUT2D eigenvalue weighted by atomic mass is 10.3. The number of anilines is 1. The highest BCUT2D eigenvalue weighted by molar-refractivity contribution is 14.1. The Balaban J connectivity index is 2.47. The third-order valence-electron chi connectivity index (χ3n) is 2.19. The second-order valence-corrected chi connectivity index (χ2v) is 6.33. The molecule has 1 heterocycles. The van der Waals surface area contributed by atoms with Crippen molar-refractivity contribution in [2.24, 2.45) is 0 Å². The van der Waals surface area contributed by atoms with Gasteiger partial charge >= 0.3 is 5.69 Å². The molecule has 3 N–H and O–H groups in total. The van der Waals surface area contributed by atoms with Crippen molar-refractivity contribution in [1.29, 1.82) is 0 Å². The molecule has 19 heavy (non-hydrogen) atoms. The number of aromatic amines is 2. The summed E-state index contributed by atoms with van der Waals surface area (Å²) in [5, 5.41) is 0. The van der Waals surface area contributed by atoms with Crippen molar-refractivity contribution in [3.05, 3.63) is 54.9 Å². The van der Waals surface area contributed by atoms with Crippen LogP contribution in [0.5, 0.6) is 0 Å². The van der Waals surface area contributed by atoms with Crippen LogP contribution in [0, 0.1) is 3.57 Å². The number of sulfonamides is 1. The lowest BCUT2D eigenvalue weighted by Gasteiger charge is -2.08. The van der Waals surface area contributed by atoms with Crippen LogP contribution in [0.4, 0.5) is 5.69 Å². The highest BCUT2D eigenvalue weighted by Crippen LogP contribution is 2.19. The van der Waals surface area contributed by atoms with Crippen LogP contribution in [-0.4, -0.2) is 18.4 Å². The summed E-state index contributed by atoms with van der Waals surface area (Å²) < 4.78 is 27.0. The van der Waals surface area contributed by atoms with E-state index in [0.29, 0.717) is 9.26 Å². The summed E-state index contributed by atoms with van der Waals surface area (Å²) in [5.41, 5.74) is -1.38. The van der Waals surface area contributed by atoms with Crippen LogP contribution in [-0.2, 0) is 10.0 Å². The van der Waals surface area contributed by atoms with E-state index in [-0.39, 0.29) is 0 Å². The van der Waals surface area contributed by atoms with Gasteiger partial charge in [-0.3, -0.25) is 14.5 Å². The molecule has 0 unspecified atom stereocenters. The van der Waals surface area contributed by atoms with Crippen LogP contribution in [0.2, 0.25) is 0 Å². The first-order valence-electron chi connectivity index (χ1n) is 4.99. The summed E-state index contributed by atoms with van der Waals surface area (Å²) >= 11 is 1.96. The van der Waals surface area contributed by atoms with Crippen molar-refractivity contribution in [2.45, 2.75) is 4.90 Å². The highest BCUT2D eigenvalue weighted by Gasteiger charge is 2.19. The summed E-state index contributed by atoms with van der Waals surface area (Å²) in [6.07, 6.45) is 0.860. The molecule has 7 nitrogen and oxygen atoms in total. The van der Waals surface area contributed by atoms with Crippen LogP contribution < -0.4 is 16.0 Å². The van der Waals surface area contributed by atoms with Gasteiger partial charge in [-0.05, 0) is 34.7 Å². The second-order valence-electron chi connectivity index (χ2n) is 3.52. The van der Waals surface area contributed by atoms with Gasteiger partial charge in [0.25, 0.3) is 15.6 Å². The Hall–Kier alpha value is -1.62. The first-order valence-corrected chi connectivity index (χ1v) is 7.56. The Morgan fingerprint density at radius 1 is 1.16 bits per heavy atom. The molecule has 1 aromatic carbocycles. The summed E-state index contributed by atoms with van der Waals surface area (Å²) in [7, 11) is -4.05. The number of nitrogens with one attached hydrogen (secondary N) is 3. The van der Waals surface area contributed by atoms with Crippen molar-refractivity contribution >= 4 is 38.3 Å². The van der Waals surface area contributed by atoms with Crippen molar-refractivity contribution in [1.82, 2.24) is 9.97 Å². The molecule has 0 bridgehead atoms. The highest BCUT2D eigenvalue weighted by atomic mass is 127. The van der Waals surface area contributed by atoms with E-state index in [4.69, 9.17) is 0 Å². The Bertz CT molecular complexity index is 825. The van der Waals surface area contributed by atoms with E-state index in [1.807, 2.05) is 27.6 Å². The zero-order valence-corrected chi connectivity index (χ0v) is 12.3. The maximum atomic E-state index is 12.0. The maximum Gasteiger partial charge on any atom is 0.325 e. The molecule has 0 fully saturated rings. The van der Waals surface area contributed by atoms with Gasteiger partial charge in [-0.2, -0.15) is 0 Å². The quantitative estimate of drug-likeness (QED) is 0.659. The fraction of sp³-hybridized carbons (Fsp3) is 0. The Labute approximate surface area is 121 Å². The molecule has 0 spiro atoms. The minimum Gasteiger partial charge on any atom is -0.313 e. The summed E-state index contributed by atoms with van der Waals surface area (Å²) in [4.78, 5) is 25.7. The topological polar surface area (TPSA) is 112 Å². The van der Waals surface area contributed by atoms with Gasteiger partial charge in [0.2, 0.25) is 0 Å². The van der Waals surface area contributed by atoms with Gasteiger partial charge in [-0.15, -0.1) is 0 Å². The number of aromatic nitrogens is 2. The summed E-state index contributed by atoms with van der Waals surface area (Å²) in [6, 6.07) is 6.71. The monoisotopic (exact) mass is 393 g/mol. The van der Waals surface area contributed by atoms with E-state index in [2.05, 4.69) is 9.71 Å². The van der Waals surface area contributed by atoms with Gasteiger partial charge in [0.1, 0.15) is 0 Å². The molecule has 0 saturated carbocycles. The Morgan fingerprint density at radius 3 is 2.47 bits per heavy atom. The lowest BCUT2D eigenvalue weighted by molar-refractivity contribution is 0.599. The molecule has 2 aromatic rings. The van der Waals surface area contributed by atoms with Crippen LogP contribution in [0.25, 0.3) is 0 Å². The standard InChI is InChI=1S/C10H8IN3O4S/c11-6-3-1-2-4-7(6)14-19(17,18)8-5-12-10(16)13-9(8)15/h1-5,14H,(H2,12,13,15,16). The van der Waals surface area contributed by atoms with Crippen molar-refractivity contribution in [2.75, 3.05) is 4.72 Å². The number of hydrogen-bond donors (Lipinski definition) is 3. The van der Waals surface area contributed by atoms with E-state index in [9.17, 15) is 18.0 Å². The molecule has 0 saturated heterocycles. The van der Waals surface area contributed by atoms with E-state index in [0.717, 1.165) is 6.20 Å². The van der Waals surface area contributed by atoms with Crippen LogP contribution in [0.3, 0.4) is 0 Å². The Kier molecular flexibility index (Phi) is 3.75. The first-order chi connectivity index (χ1) is 8.90. The van der Waals surface area contributed by atoms with Gasteiger partial charge in [-0.1, -0.05) is 12.1 Å². The second kappa shape index (κ2) is 5.17. The number of halogens is 1. The van der Waals surface area contributed by atoms with E-state index in [1.165, 1.54) is 0 Å². The molecule has 9 heteroatoms. The molecular weight excluding hydrogens is 385 g/mol. The molecule has 2 rings (SSSR count). The molecule has 0 radical (unpaired) electrons. The van der Waals surface area contributed by atoms with Crippen molar-refractivity contribution < 1.29 is 8.42 Å². The molecule has 1 aromatic heterocycles. The lowest BCUT2D eigenvalue weighted by Crippen LogP contribution is -2.29. The normalized spacial score (nSPS) is 11.2. The smallest absolute Gasteiger partial charge is 0.313 e. The zero-order chi connectivity index (χ0) is 14.0. The van der Waals surface area contributed by atoms with Gasteiger partial charge in [0.05, 0.1) is 5.69 Å². The number of para-hydroxylation sites is 1. The van der Waals surface area contributed by atoms with Crippen molar-refractivity contribution in [3.63, 3.8) is 0 Å². The van der Waals surface area contributed by atoms with Crippen LogP contribution in [0.1, 0.15) is 0 Å². The van der Waals surface area contributed by atoms with Crippen molar-refractivity contribution in [3.8, 4) is 0 Å². The maximum absolute atomic E-state index is 12.0. The number of H-pyrrole nitrogens is 2. The number of rotatable bonds is 3. The molecule has 0 aliphatic heterocycles. The van der Waals surface area contributed by atoms with E-state index < -0.39 is 26.2 Å². The number of hydrogen-bond acceptors (Lipinski definition) is 4. The largest absolute Gasteiger partial charge is 0.325 e. The van der Waals surface area contributed by atoms with E-state index >= 15 is 0 Å². The zero-order valence-electron chi connectivity index (χ0n) is 9.31. The summed E-state index contributed by atoms with van der Waals surface area (Å²) in [5.74, 6) is 0. The van der Waals surface area contributed by atoms with Gasteiger partial charge < -0.3 is 4.98 Å². The molecule has 0 aliphatic carbocycles. The average molecular weight is 393 g/mol. The molecule has 0 aliphatic rings. The van der Waals surface area contributed by atoms with Gasteiger partial charge in [0, 0.05) is 9.77 Å². The molecular formula is C10H8IN3O4S. The molecule has 0 amide bonds. The molecule has 0 atom stereocenters. The van der Waals surface area contributed by atoms with Gasteiger partial charge in [-0.25, -0.2) is 13.2 Å². The van der Waals surface area contributed by atoms with E-state index in [1.54, 1.807) is 24.3 Å². The first kappa shape index (κ1) is 13.8. The fourth-order valence-electron chi connectivity index (χ4n) is 1.34. The minimum atomic E-state index is -4.05. The average Bonchev–Trinajstić information content (AvgIpc) is 2.31. The van der Waals surface area contributed by atoms with Crippen LogP contribution >= 0.6 is 22.6 Å². The summed E-state index contributed by atoms with van der Waals surface area (Å²) in [6.45, 7) is 0. The third kappa shape index (κ3) is 3.04. The predicted molar refractivity (Wildman–Crippen MR) is 77.7 cm³/mol. The fourth-order valence-corrected chi connectivity index (χ4v) is 3.13. The van der Waals surface area contributed by atoms with Crippen LogP contribution in [0.15, 0.2) is 44.9 Å². The molecule has 100 valence electrons. The third-order valence-corrected chi connectivity index (χ3v) is 4.50. The number of benzene rings is 1. The predicted octanol–water partition coefficient (Wildman–Crippen LogP) is 0.469. The Morgan fingerprint density at radius 2 is 1.84 bits per heavy atom. The minimum absolute atomic E-state index is 0.355. The SMILES string of the molecule is O=c1[nH]cc(S(=O)(=O)Nc2ccccc2I)c(=O)[nH]1. The van der Waals surface area contributed by atoms with Gasteiger partial charge in [0.15, 0.2) is 4.90 Å².